The summed E-state index contributed by atoms with van der Waals surface area (Å²) in [5, 5.41) is 6.42. The average molecular weight is 512 g/mol. The number of hydrogen-bond donors (Lipinski definition) is 2. The first-order valence-corrected chi connectivity index (χ1v) is 10.7. The van der Waals surface area contributed by atoms with Crippen LogP contribution >= 0.6 is 15.9 Å². The SMILES string of the molecule is CCOC(=O)CNc1nc(Nc2ccc(Br)cc2)nc(Oc2cc(=O)oc3ccccc23)n1. The lowest BCUT2D eigenvalue weighted by atomic mass is 10.2. The van der Waals surface area contributed by atoms with E-state index in [0.29, 0.717) is 11.0 Å². The van der Waals surface area contributed by atoms with Crippen molar-refractivity contribution in [1.29, 1.82) is 0 Å². The molecule has 0 aliphatic carbocycles. The van der Waals surface area contributed by atoms with Crippen LogP contribution in [0.15, 0.2) is 68.3 Å². The number of carbonyl (C=O) groups excluding carboxylic acids is 1. The van der Waals surface area contributed by atoms with E-state index in [1.165, 1.54) is 6.07 Å². The van der Waals surface area contributed by atoms with Crippen molar-refractivity contribution in [2.45, 2.75) is 6.92 Å². The molecule has 0 fully saturated rings. The van der Waals surface area contributed by atoms with E-state index in [4.69, 9.17) is 13.9 Å². The highest BCUT2D eigenvalue weighted by Gasteiger charge is 2.14. The number of aromatic nitrogens is 3. The Labute approximate surface area is 196 Å². The van der Waals surface area contributed by atoms with Crippen LogP contribution in [-0.2, 0) is 9.53 Å². The van der Waals surface area contributed by atoms with Crippen LogP contribution in [0.5, 0.6) is 11.8 Å². The summed E-state index contributed by atoms with van der Waals surface area (Å²) < 4.78 is 16.9. The molecule has 0 bridgehead atoms. The molecule has 4 aromatic rings. The average Bonchev–Trinajstić information content (AvgIpc) is 2.79. The number of para-hydroxylation sites is 1. The van der Waals surface area contributed by atoms with Crippen molar-refractivity contribution in [3.63, 3.8) is 0 Å². The number of halogens is 1. The van der Waals surface area contributed by atoms with Gasteiger partial charge in [-0.1, -0.05) is 28.1 Å². The van der Waals surface area contributed by atoms with Crippen LogP contribution in [-0.4, -0.2) is 34.1 Å². The van der Waals surface area contributed by atoms with Crippen LogP contribution in [0.3, 0.4) is 0 Å². The van der Waals surface area contributed by atoms with E-state index in [0.717, 1.165) is 10.2 Å². The van der Waals surface area contributed by atoms with Crippen molar-refractivity contribution in [1.82, 2.24) is 15.0 Å². The third-order valence-corrected chi connectivity index (χ3v) is 4.75. The first kappa shape index (κ1) is 22.2. The second-order valence-electron chi connectivity index (χ2n) is 6.58. The van der Waals surface area contributed by atoms with Crippen LogP contribution in [0.25, 0.3) is 11.0 Å². The van der Waals surface area contributed by atoms with Gasteiger partial charge in [0.25, 0.3) is 0 Å². The second-order valence-corrected chi connectivity index (χ2v) is 7.50. The van der Waals surface area contributed by atoms with E-state index in [9.17, 15) is 9.59 Å². The first-order valence-electron chi connectivity index (χ1n) is 9.89. The van der Waals surface area contributed by atoms with Crippen molar-refractivity contribution < 1.29 is 18.7 Å². The van der Waals surface area contributed by atoms with Crippen LogP contribution in [0, 0.1) is 0 Å². The minimum Gasteiger partial charge on any atom is -0.465 e. The number of carbonyl (C=O) groups is 1. The van der Waals surface area contributed by atoms with E-state index in [1.807, 2.05) is 24.3 Å². The number of hydrogen-bond acceptors (Lipinski definition) is 10. The lowest BCUT2D eigenvalue weighted by Gasteiger charge is -2.11. The molecule has 0 aliphatic heterocycles. The molecule has 0 aliphatic rings. The van der Waals surface area contributed by atoms with Gasteiger partial charge in [-0.2, -0.15) is 15.0 Å². The highest BCUT2D eigenvalue weighted by atomic mass is 79.9. The molecule has 0 radical (unpaired) electrons. The molecule has 168 valence electrons. The normalized spacial score (nSPS) is 10.6. The largest absolute Gasteiger partial charge is 0.465 e. The Morgan fingerprint density at radius 3 is 2.61 bits per heavy atom. The number of esters is 1. The summed E-state index contributed by atoms with van der Waals surface area (Å²) in [6, 6.07) is 15.4. The third-order valence-electron chi connectivity index (χ3n) is 4.22. The Morgan fingerprint density at radius 1 is 1.06 bits per heavy atom. The molecule has 0 spiro atoms. The minimum absolute atomic E-state index is 0.0833. The van der Waals surface area contributed by atoms with Gasteiger partial charge in [-0.15, -0.1) is 0 Å². The van der Waals surface area contributed by atoms with Gasteiger partial charge in [0, 0.05) is 10.2 Å². The lowest BCUT2D eigenvalue weighted by molar-refractivity contribution is -0.140. The molecular formula is C22H18BrN5O5. The van der Waals surface area contributed by atoms with Crippen LogP contribution < -0.4 is 21.0 Å². The Morgan fingerprint density at radius 2 is 1.82 bits per heavy atom. The monoisotopic (exact) mass is 511 g/mol. The zero-order valence-corrected chi connectivity index (χ0v) is 19.0. The predicted octanol–water partition coefficient (Wildman–Crippen LogP) is 4.25. The van der Waals surface area contributed by atoms with Crippen molar-refractivity contribution in [2.24, 2.45) is 0 Å². The number of benzene rings is 2. The maximum absolute atomic E-state index is 12.0. The summed E-state index contributed by atoms with van der Waals surface area (Å²) in [5.74, 6) is 0.00864. The lowest BCUT2D eigenvalue weighted by Crippen LogP contribution is -2.18. The standard InChI is InChI=1S/C22H18BrN5O5/c1-2-31-19(30)12-24-20-26-21(25-14-9-7-13(23)8-10-14)28-22(27-20)33-17-11-18(29)32-16-6-4-3-5-15(16)17/h3-11H,2,12H2,1H3,(H2,24,25,26,27,28). The zero-order valence-electron chi connectivity index (χ0n) is 17.4. The molecule has 0 atom stereocenters. The molecule has 0 saturated carbocycles. The molecular weight excluding hydrogens is 494 g/mol. The molecule has 0 saturated heterocycles. The van der Waals surface area contributed by atoms with Crippen LogP contribution in [0.4, 0.5) is 17.6 Å². The van der Waals surface area contributed by atoms with Gasteiger partial charge in [-0.05, 0) is 43.3 Å². The number of fused-ring (bicyclic) bond motifs is 1. The fraction of sp³-hybridized carbons (Fsp3) is 0.136. The van der Waals surface area contributed by atoms with Crippen molar-refractivity contribution in [3.05, 3.63) is 69.5 Å². The summed E-state index contributed by atoms with van der Waals surface area (Å²) in [5.41, 5.74) is 0.507. The topological polar surface area (TPSA) is 128 Å². The molecule has 2 heterocycles. The quantitative estimate of drug-likeness (QED) is 0.261. The highest BCUT2D eigenvalue weighted by Crippen LogP contribution is 2.28. The predicted molar refractivity (Wildman–Crippen MR) is 125 cm³/mol. The zero-order chi connectivity index (χ0) is 23.2. The van der Waals surface area contributed by atoms with E-state index in [-0.39, 0.29) is 36.8 Å². The van der Waals surface area contributed by atoms with Gasteiger partial charge in [0.15, 0.2) is 0 Å². The van der Waals surface area contributed by atoms with E-state index < -0.39 is 11.6 Å². The highest BCUT2D eigenvalue weighted by molar-refractivity contribution is 9.10. The molecule has 10 nitrogen and oxygen atoms in total. The molecule has 2 N–H and O–H groups in total. The number of ether oxygens (including phenoxy) is 2. The van der Waals surface area contributed by atoms with Crippen molar-refractivity contribution >= 4 is 50.5 Å². The minimum atomic E-state index is -0.577. The fourth-order valence-electron chi connectivity index (χ4n) is 2.83. The number of nitrogens with zero attached hydrogens (tertiary/aromatic N) is 3. The smallest absolute Gasteiger partial charge is 0.339 e. The summed E-state index contributed by atoms with van der Waals surface area (Å²) >= 11 is 3.39. The Hall–Kier alpha value is -3.99. The maximum atomic E-state index is 12.0. The van der Waals surface area contributed by atoms with Crippen molar-refractivity contribution in [2.75, 3.05) is 23.8 Å². The van der Waals surface area contributed by atoms with Gasteiger partial charge >= 0.3 is 17.6 Å². The maximum Gasteiger partial charge on any atom is 0.339 e. The summed E-state index contributed by atoms with van der Waals surface area (Å²) in [7, 11) is 0. The van der Waals surface area contributed by atoms with Gasteiger partial charge in [0.2, 0.25) is 11.9 Å². The molecule has 0 amide bonds. The molecule has 4 rings (SSSR count). The van der Waals surface area contributed by atoms with Gasteiger partial charge in [0.05, 0.1) is 18.1 Å². The van der Waals surface area contributed by atoms with Gasteiger partial charge in [-0.3, -0.25) is 4.79 Å². The van der Waals surface area contributed by atoms with Gasteiger partial charge in [-0.25, -0.2) is 4.79 Å². The van der Waals surface area contributed by atoms with Crippen LogP contribution in [0.2, 0.25) is 0 Å². The summed E-state index contributed by atoms with van der Waals surface area (Å²) in [4.78, 5) is 36.5. The molecule has 11 heteroatoms. The Balaban J connectivity index is 1.67. The third kappa shape index (κ3) is 5.83. The van der Waals surface area contributed by atoms with E-state index >= 15 is 0 Å². The summed E-state index contributed by atoms with van der Waals surface area (Å²) in [6.07, 6.45) is 0. The van der Waals surface area contributed by atoms with E-state index in [2.05, 4.69) is 41.5 Å². The number of rotatable bonds is 8. The molecule has 0 unspecified atom stereocenters. The summed E-state index contributed by atoms with van der Waals surface area (Å²) in [6.45, 7) is 1.83. The molecule has 33 heavy (non-hydrogen) atoms. The molecule has 2 aromatic heterocycles. The van der Waals surface area contributed by atoms with Crippen molar-refractivity contribution in [3.8, 4) is 11.8 Å². The van der Waals surface area contributed by atoms with Crippen LogP contribution in [0.1, 0.15) is 6.92 Å². The van der Waals surface area contributed by atoms with Gasteiger partial charge < -0.3 is 24.5 Å². The Kier molecular flexibility index (Phi) is 6.79. The van der Waals surface area contributed by atoms with E-state index in [1.54, 1.807) is 31.2 Å². The van der Waals surface area contributed by atoms with Gasteiger partial charge in [0.1, 0.15) is 17.9 Å². The fourth-order valence-corrected chi connectivity index (χ4v) is 3.09. The Bertz CT molecular complexity index is 1340. The number of nitrogens with one attached hydrogen (secondary N) is 2. The molecule has 2 aromatic carbocycles. The number of anilines is 3. The second kappa shape index (κ2) is 10.1. The first-order chi connectivity index (χ1) is 16.0.